The van der Waals surface area contributed by atoms with Crippen molar-refractivity contribution in [2.45, 2.75) is 25.9 Å². The largest absolute Gasteiger partial charge is 0.388 e. The van der Waals surface area contributed by atoms with Crippen molar-refractivity contribution in [3.8, 4) is 0 Å². The van der Waals surface area contributed by atoms with E-state index >= 15 is 0 Å². The predicted octanol–water partition coefficient (Wildman–Crippen LogP) is 1.97. The topological polar surface area (TPSA) is 61.4 Å². The molecule has 0 fully saturated rings. The Kier molecular flexibility index (Phi) is 4.31. The molecule has 1 atom stereocenters. The lowest BCUT2D eigenvalue weighted by Crippen LogP contribution is -2.41. The molecular formula is C12H18N2O2. The van der Waals surface area contributed by atoms with Crippen molar-refractivity contribution in [2.75, 3.05) is 11.9 Å². The van der Waals surface area contributed by atoms with Crippen molar-refractivity contribution in [3.63, 3.8) is 0 Å². The van der Waals surface area contributed by atoms with E-state index in [1.165, 1.54) is 0 Å². The highest BCUT2D eigenvalue weighted by molar-refractivity contribution is 5.89. The molecule has 0 saturated carbocycles. The normalized spacial score (nSPS) is 13.9. The first-order valence-corrected chi connectivity index (χ1v) is 5.36. The Hall–Kier alpha value is -1.55. The summed E-state index contributed by atoms with van der Waals surface area (Å²) < 4.78 is 0. The SMILES string of the molecule is CC[C@@](C)(O)CNC(=O)Nc1ccccc1. The lowest BCUT2D eigenvalue weighted by atomic mass is 10.0. The van der Waals surface area contributed by atoms with E-state index in [4.69, 9.17) is 0 Å². The van der Waals surface area contributed by atoms with E-state index < -0.39 is 5.60 Å². The van der Waals surface area contributed by atoms with Gasteiger partial charge in [0.25, 0.3) is 0 Å². The van der Waals surface area contributed by atoms with Crippen LogP contribution in [0.2, 0.25) is 0 Å². The molecule has 0 spiro atoms. The second-order valence-corrected chi connectivity index (χ2v) is 4.02. The quantitative estimate of drug-likeness (QED) is 0.729. The van der Waals surface area contributed by atoms with Crippen LogP contribution in [0.25, 0.3) is 0 Å². The zero-order chi connectivity index (χ0) is 12.0. The number of benzene rings is 1. The molecule has 1 aromatic rings. The van der Waals surface area contributed by atoms with Crippen molar-refractivity contribution in [3.05, 3.63) is 30.3 Å². The third-order valence-corrected chi connectivity index (χ3v) is 2.42. The van der Waals surface area contributed by atoms with Gasteiger partial charge in [0.2, 0.25) is 0 Å². The smallest absolute Gasteiger partial charge is 0.319 e. The summed E-state index contributed by atoms with van der Waals surface area (Å²) in [5.74, 6) is 0. The Labute approximate surface area is 95.7 Å². The van der Waals surface area contributed by atoms with Gasteiger partial charge >= 0.3 is 6.03 Å². The highest BCUT2D eigenvalue weighted by Gasteiger charge is 2.18. The number of nitrogens with one attached hydrogen (secondary N) is 2. The molecule has 0 saturated heterocycles. The van der Waals surface area contributed by atoms with Crippen LogP contribution in [0.4, 0.5) is 10.5 Å². The first-order valence-electron chi connectivity index (χ1n) is 5.36. The number of rotatable bonds is 4. The van der Waals surface area contributed by atoms with Gasteiger partial charge in [0.05, 0.1) is 5.60 Å². The van der Waals surface area contributed by atoms with Gasteiger partial charge in [0.15, 0.2) is 0 Å². The van der Waals surface area contributed by atoms with Gasteiger partial charge in [0, 0.05) is 12.2 Å². The lowest BCUT2D eigenvalue weighted by Gasteiger charge is -2.21. The van der Waals surface area contributed by atoms with E-state index in [2.05, 4.69) is 10.6 Å². The van der Waals surface area contributed by atoms with Gasteiger partial charge in [0.1, 0.15) is 0 Å². The van der Waals surface area contributed by atoms with Crippen LogP contribution < -0.4 is 10.6 Å². The number of hydrogen-bond donors (Lipinski definition) is 3. The number of amides is 2. The number of carbonyl (C=O) groups excluding carboxylic acids is 1. The maximum atomic E-state index is 11.4. The Morgan fingerprint density at radius 1 is 1.38 bits per heavy atom. The molecule has 4 heteroatoms. The fourth-order valence-electron chi connectivity index (χ4n) is 1.09. The number of urea groups is 1. The van der Waals surface area contributed by atoms with Crippen molar-refractivity contribution in [2.24, 2.45) is 0 Å². The summed E-state index contributed by atoms with van der Waals surface area (Å²) in [5.41, 5.74) is -0.121. The molecule has 0 unspecified atom stereocenters. The van der Waals surface area contributed by atoms with Crippen LogP contribution in [0.5, 0.6) is 0 Å². The molecule has 4 nitrogen and oxygen atoms in total. The third kappa shape index (κ3) is 4.31. The van der Waals surface area contributed by atoms with E-state index in [1.54, 1.807) is 19.1 Å². The molecule has 0 bridgehead atoms. The summed E-state index contributed by atoms with van der Waals surface area (Å²) in [6.45, 7) is 3.80. The van der Waals surface area contributed by atoms with Gasteiger partial charge < -0.3 is 15.7 Å². The molecule has 2 amide bonds. The van der Waals surface area contributed by atoms with Gasteiger partial charge in [-0.3, -0.25) is 0 Å². The van der Waals surface area contributed by atoms with Crippen LogP contribution in [0, 0.1) is 0 Å². The van der Waals surface area contributed by atoms with Gasteiger partial charge in [-0.05, 0) is 25.5 Å². The van der Waals surface area contributed by atoms with Gasteiger partial charge in [-0.25, -0.2) is 4.79 Å². The molecule has 1 aromatic carbocycles. The minimum atomic E-state index is -0.853. The molecule has 0 aliphatic heterocycles. The summed E-state index contributed by atoms with van der Waals surface area (Å²) >= 11 is 0. The maximum absolute atomic E-state index is 11.4. The van der Waals surface area contributed by atoms with Gasteiger partial charge in [-0.1, -0.05) is 25.1 Å². The summed E-state index contributed by atoms with van der Waals surface area (Å²) in [7, 11) is 0. The van der Waals surface area contributed by atoms with E-state index in [9.17, 15) is 9.90 Å². The van der Waals surface area contributed by atoms with Crippen molar-refractivity contribution in [1.82, 2.24) is 5.32 Å². The third-order valence-electron chi connectivity index (χ3n) is 2.42. The predicted molar refractivity (Wildman–Crippen MR) is 64.4 cm³/mol. The maximum Gasteiger partial charge on any atom is 0.319 e. The highest BCUT2D eigenvalue weighted by Crippen LogP contribution is 2.07. The molecule has 3 N–H and O–H groups in total. The summed E-state index contributed by atoms with van der Waals surface area (Å²) in [4.78, 5) is 11.4. The van der Waals surface area contributed by atoms with Crippen LogP contribution in [0.3, 0.4) is 0 Å². The zero-order valence-electron chi connectivity index (χ0n) is 9.66. The number of carbonyl (C=O) groups is 1. The van der Waals surface area contributed by atoms with Crippen molar-refractivity contribution in [1.29, 1.82) is 0 Å². The number of hydrogen-bond acceptors (Lipinski definition) is 2. The molecule has 0 aliphatic carbocycles. The fourth-order valence-corrected chi connectivity index (χ4v) is 1.09. The fraction of sp³-hybridized carbons (Fsp3) is 0.417. The first-order chi connectivity index (χ1) is 7.53. The average Bonchev–Trinajstić information content (AvgIpc) is 2.28. The Bertz CT molecular complexity index is 336. The molecule has 0 aliphatic rings. The number of para-hydroxylation sites is 1. The highest BCUT2D eigenvalue weighted by atomic mass is 16.3. The zero-order valence-corrected chi connectivity index (χ0v) is 9.66. The molecule has 0 aromatic heterocycles. The second kappa shape index (κ2) is 5.51. The minimum Gasteiger partial charge on any atom is -0.388 e. The summed E-state index contributed by atoms with van der Waals surface area (Å²) in [6.07, 6.45) is 0.596. The molecule has 88 valence electrons. The Balaban J connectivity index is 2.38. The average molecular weight is 222 g/mol. The van der Waals surface area contributed by atoms with Crippen LogP contribution in [-0.4, -0.2) is 23.3 Å². The van der Waals surface area contributed by atoms with E-state index in [0.29, 0.717) is 6.42 Å². The van der Waals surface area contributed by atoms with Crippen LogP contribution in [0.1, 0.15) is 20.3 Å². The molecule has 16 heavy (non-hydrogen) atoms. The molecular weight excluding hydrogens is 204 g/mol. The molecule has 1 rings (SSSR count). The Morgan fingerprint density at radius 3 is 2.56 bits per heavy atom. The second-order valence-electron chi connectivity index (χ2n) is 4.02. The first kappa shape index (κ1) is 12.5. The van der Waals surface area contributed by atoms with Gasteiger partial charge in [-0.2, -0.15) is 0 Å². The van der Waals surface area contributed by atoms with Crippen LogP contribution in [-0.2, 0) is 0 Å². The summed E-state index contributed by atoms with van der Waals surface area (Å²) in [6, 6.07) is 8.87. The lowest BCUT2D eigenvalue weighted by molar-refractivity contribution is 0.0587. The van der Waals surface area contributed by atoms with Crippen molar-refractivity contribution < 1.29 is 9.90 Å². The standard InChI is InChI=1S/C12H18N2O2/c1-3-12(2,16)9-13-11(15)14-10-7-5-4-6-8-10/h4-8,16H,3,9H2,1-2H3,(H2,13,14,15)/t12-/m1/s1. The van der Waals surface area contributed by atoms with E-state index in [1.807, 2.05) is 25.1 Å². The molecule has 0 radical (unpaired) electrons. The number of aliphatic hydroxyl groups is 1. The summed E-state index contributed by atoms with van der Waals surface area (Å²) in [5, 5.41) is 15.0. The molecule has 0 heterocycles. The van der Waals surface area contributed by atoms with E-state index in [-0.39, 0.29) is 12.6 Å². The van der Waals surface area contributed by atoms with E-state index in [0.717, 1.165) is 5.69 Å². The van der Waals surface area contributed by atoms with Crippen LogP contribution >= 0.6 is 0 Å². The minimum absolute atomic E-state index is 0.238. The monoisotopic (exact) mass is 222 g/mol. The Morgan fingerprint density at radius 2 is 2.00 bits per heavy atom. The number of anilines is 1. The van der Waals surface area contributed by atoms with Crippen molar-refractivity contribution >= 4 is 11.7 Å². The van der Waals surface area contributed by atoms with Crippen LogP contribution in [0.15, 0.2) is 30.3 Å². The van der Waals surface area contributed by atoms with Gasteiger partial charge in [-0.15, -0.1) is 0 Å².